The lowest BCUT2D eigenvalue weighted by molar-refractivity contribution is -0.274. The summed E-state index contributed by atoms with van der Waals surface area (Å²) in [5, 5.41) is 35.7. The Balaban J connectivity index is 0.000000542. The van der Waals surface area contributed by atoms with Crippen LogP contribution in [0.25, 0.3) is 0 Å². The second-order valence-corrected chi connectivity index (χ2v) is 10.9. The zero-order valence-electron chi connectivity index (χ0n) is 24.8. The molecule has 18 heteroatoms. The van der Waals surface area contributed by atoms with Gasteiger partial charge in [-0.15, -0.1) is 13.2 Å². The van der Waals surface area contributed by atoms with Crippen molar-refractivity contribution >= 4 is 23.5 Å². The summed E-state index contributed by atoms with van der Waals surface area (Å²) in [5.41, 5.74) is -0.925. The summed E-state index contributed by atoms with van der Waals surface area (Å²) < 4.78 is 94.4. The number of aromatic nitrogens is 1. The first kappa shape index (κ1) is 37.6. The molecule has 0 aliphatic carbocycles. The number of carbonyl (C=O) groups excluding carboxylic acids is 1. The first-order valence-electron chi connectivity index (χ1n) is 13.7. The number of aliphatic hydroxyl groups excluding tert-OH is 2. The lowest BCUT2D eigenvalue weighted by Crippen LogP contribution is -2.47. The van der Waals surface area contributed by atoms with Gasteiger partial charge in [0.15, 0.2) is 12.2 Å². The number of carbonyl (C=O) groups is 3. The van der Waals surface area contributed by atoms with Crippen molar-refractivity contribution in [1.29, 1.82) is 0 Å². The summed E-state index contributed by atoms with van der Waals surface area (Å²) in [4.78, 5) is 38.0. The number of nitrogens with one attached hydrogen (secondary N) is 1. The van der Waals surface area contributed by atoms with E-state index in [2.05, 4.69) is 15.0 Å². The number of hydrogen-bond acceptors (Lipinski definition) is 8. The molecule has 5 N–H and O–H groups in total. The van der Waals surface area contributed by atoms with Crippen LogP contribution >= 0.6 is 0 Å². The third-order valence-electron chi connectivity index (χ3n) is 7.00. The first-order chi connectivity index (χ1) is 22.1. The van der Waals surface area contributed by atoms with Gasteiger partial charge in [0.25, 0.3) is 0 Å². The summed E-state index contributed by atoms with van der Waals surface area (Å²) in [7, 11) is 0. The van der Waals surface area contributed by atoms with E-state index >= 15 is 0 Å². The van der Waals surface area contributed by atoms with Gasteiger partial charge in [0.05, 0.1) is 12.1 Å². The van der Waals surface area contributed by atoms with Crippen LogP contribution in [0.5, 0.6) is 5.75 Å². The fraction of sp³-hybridized carbons (Fsp3) is 0.333. The number of pyridine rings is 1. The molecule has 260 valence electrons. The van der Waals surface area contributed by atoms with E-state index < -0.39 is 77.5 Å². The highest BCUT2D eigenvalue weighted by Crippen LogP contribution is 2.40. The zero-order valence-corrected chi connectivity index (χ0v) is 24.8. The minimum atomic E-state index is -4.89. The molecule has 1 aliphatic rings. The lowest BCUT2D eigenvalue weighted by Gasteiger charge is -2.30. The van der Waals surface area contributed by atoms with Crippen LogP contribution < -0.4 is 15.0 Å². The van der Waals surface area contributed by atoms with Crippen molar-refractivity contribution in [3.05, 3.63) is 89.5 Å². The third kappa shape index (κ3) is 9.61. The third-order valence-corrected chi connectivity index (χ3v) is 7.00. The average molecular weight is 692 g/mol. The highest BCUT2D eigenvalue weighted by atomic mass is 19.4. The molecule has 4 rings (SSSR count). The number of carboxylic acid groups (broad SMARTS) is 2. The van der Waals surface area contributed by atoms with Gasteiger partial charge in [0.2, 0.25) is 5.91 Å². The molecule has 2 heterocycles. The molecule has 1 saturated heterocycles. The van der Waals surface area contributed by atoms with Crippen LogP contribution in [0.4, 0.5) is 36.4 Å². The van der Waals surface area contributed by atoms with Gasteiger partial charge in [-0.3, -0.25) is 15.1 Å². The summed E-state index contributed by atoms with van der Waals surface area (Å²) in [5.74, 6) is -4.99. The number of amides is 1. The topological polar surface area (TPSA) is 170 Å². The van der Waals surface area contributed by atoms with Gasteiger partial charge < -0.3 is 30.1 Å². The Hall–Kier alpha value is -4.81. The number of nitrogens with zero attached hydrogens (tertiary/aromatic N) is 2. The number of anilines is 1. The molecule has 3 aromatic rings. The normalized spacial score (nSPS) is 18.1. The van der Waals surface area contributed by atoms with E-state index in [9.17, 15) is 45.1 Å². The van der Waals surface area contributed by atoms with Gasteiger partial charge in [0.1, 0.15) is 17.3 Å². The quantitative estimate of drug-likeness (QED) is 0.203. The van der Waals surface area contributed by atoms with Crippen LogP contribution in [0.15, 0.2) is 66.9 Å². The molecule has 1 aliphatic heterocycles. The number of ether oxygens (including phenoxy) is 1. The highest BCUT2D eigenvalue weighted by molar-refractivity contribution is 6.00. The summed E-state index contributed by atoms with van der Waals surface area (Å²) in [6.07, 6.45) is -12.8. The number of carboxylic acids is 2. The molecule has 11 nitrogen and oxygen atoms in total. The van der Waals surface area contributed by atoms with Crippen LogP contribution in [0.3, 0.4) is 0 Å². The number of halogens is 7. The number of benzene rings is 2. The predicted molar refractivity (Wildman–Crippen MR) is 151 cm³/mol. The zero-order chi connectivity index (χ0) is 36.2. The number of rotatable bonds is 9. The van der Waals surface area contributed by atoms with Crippen LogP contribution in [0.1, 0.15) is 43.1 Å². The second-order valence-electron chi connectivity index (χ2n) is 10.9. The molecule has 1 fully saturated rings. The summed E-state index contributed by atoms with van der Waals surface area (Å²) in [6, 6.07) is 10.9. The van der Waals surface area contributed by atoms with Crippen LogP contribution in [-0.2, 0) is 26.1 Å². The molecule has 1 aromatic heterocycles. The Kier molecular flexibility index (Phi) is 11.4. The minimum Gasteiger partial charge on any atom is -0.479 e. The van der Waals surface area contributed by atoms with Crippen molar-refractivity contribution in [1.82, 2.24) is 10.3 Å². The van der Waals surface area contributed by atoms with E-state index in [4.69, 9.17) is 20.4 Å². The lowest BCUT2D eigenvalue weighted by atomic mass is 9.93. The number of alkyl halides is 6. The van der Waals surface area contributed by atoms with E-state index in [0.717, 1.165) is 24.4 Å². The Morgan fingerprint density at radius 2 is 1.52 bits per heavy atom. The van der Waals surface area contributed by atoms with Crippen LogP contribution in [-0.4, -0.2) is 67.9 Å². The van der Waals surface area contributed by atoms with E-state index in [1.165, 1.54) is 41.3 Å². The number of aliphatic carboxylic acids is 2. The van der Waals surface area contributed by atoms with E-state index in [0.29, 0.717) is 11.1 Å². The fourth-order valence-corrected chi connectivity index (χ4v) is 4.71. The van der Waals surface area contributed by atoms with Gasteiger partial charge in [-0.25, -0.2) is 14.0 Å². The van der Waals surface area contributed by atoms with Gasteiger partial charge in [-0.05, 0) is 73.9 Å². The predicted octanol–water partition coefficient (Wildman–Crippen LogP) is 4.39. The second kappa shape index (κ2) is 14.5. The molecule has 2 aromatic carbocycles. The van der Waals surface area contributed by atoms with Crippen molar-refractivity contribution in [3.63, 3.8) is 0 Å². The van der Waals surface area contributed by atoms with Crippen molar-refractivity contribution in [2.75, 3.05) is 4.90 Å². The maximum Gasteiger partial charge on any atom is 0.573 e. The molecule has 4 atom stereocenters. The highest BCUT2D eigenvalue weighted by Gasteiger charge is 2.44. The van der Waals surface area contributed by atoms with Crippen molar-refractivity contribution in [2.45, 2.75) is 62.6 Å². The van der Waals surface area contributed by atoms with Crippen LogP contribution in [0, 0.1) is 5.82 Å². The number of hydrogen-bond donors (Lipinski definition) is 5. The van der Waals surface area contributed by atoms with E-state index in [-0.39, 0.29) is 12.1 Å². The van der Waals surface area contributed by atoms with Gasteiger partial charge in [-0.2, -0.15) is 13.2 Å². The molecular formula is C30H28F7N3O8. The Morgan fingerprint density at radius 3 is 1.98 bits per heavy atom. The Bertz CT molecular complexity index is 1580. The monoisotopic (exact) mass is 691 g/mol. The van der Waals surface area contributed by atoms with Gasteiger partial charge in [0, 0.05) is 17.4 Å². The molecule has 1 amide bonds. The molecular weight excluding hydrogens is 663 g/mol. The minimum absolute atomic E-state index is 0.153. The van der Waals surface area contributed by atoms with E-state index in [1.54, 1.807) is 19.9 Å². The molecule has 0 spiro atoms. The molecule has 1 unspecified atom stereocenters. The Morgan fingerprint density at radius 1 is 0.938 bits per heavy atom. The average Bonchev–Trinajstić information content (AvgIpc) is 3.30. The van der Waals surface area contributed by atoms with Crippen molar-refractivity contribution < 1.29 is 70.3 Å². The largest absolute Gasteiger partial charge is 0.573 e. The molecule has 48 heavy (non-hydrogen) atoms. The Labute approximate surface area is 267 Å². The summed E-state index contributed by atoms with van der Waals surface area (Å²) >= 11 is 0. The summed E-state index contributed by atoms with van der Waals surface area (Å²) in [6.45, 7) is 3.35. The molecule has 0 radical (unpaired) electrons. The fourth-order valence-electron chi connectivity index (χ4n) is 4.71. The maximum atomic E-state index is 14.0. The van der Waals surface area contributed by atoms with Crippen molar-refractivity contribution in [2.24, 2.45) is 0 Å². The SMILES string of the molecule is CC(C)(N[C@@H]1CC(c2cccc(F)c2)N(c2ccc(OC(F)(F)F)cc2)C1=O)c1ccc(C(F)(F)F)nc1.O=C(O)[C@H](O)[C@@H](O)C(=O)O. The van der Waals surface area contributed by atoms with Gasteiger partial charge in [-0.1, -0.05) is 18.2 Å². The molecule has 0 saturated carbocycles. The maximum absolute atomic E-state index is 14.0. The number of aliphatic hydroxyl groups is 2. The standard InChI is InChI=1S/C26H22F7N3O2.C4H6O6/c1-24(2,16-6-11-22(34-14-16)25(28,29)30)35-20-13-21(15-4-3-5-17(27)12-15)36(23(20)37)18-7-9-19(10-8-18)38-26(31,32)33;5-1(3(7)8)2(6)4(9)10/h3-12,14,20-21,35H,13H2,1-2H3;1-2,5-6H,(H,7,8)(H,9,10)/t20-,21?;1-,2-/m11/s1. The van der Waals surface area contributed by atoms with Crippen molar-refractivity contribution in [3.8, 4) is 5.75 Å². The first-order valence-corrected chi connectivity index (χ1v) is 13.7. The van der Waals surface area contributed by atoms with Crippen LogP contribution in [0.2, 0.25) is 0 Å². The van der Waals surface area contributed by atoms with Gasteiger partial charge >= 0.3 is 24.5 Å². The van der Waals surface area contributed by atoms with E-state index in [1.807, 2.05) is 0 Å². The molecule has 0 bridgehead atoms. The smallest absolute Gasteiger partial charge is 0.479 e.